The molecule has 32 heavy (non-hydrogen) atoms. The highest BCUT2D eigenvalue weighted by molar-refractivity contribution is 14.0. The SMILES string of the molecule is I.NC(=NCCCN1C(=O)COc2ccccc21)Nc1cccc(Oc2ccccc2)c1. The largest absolute Gasteiger partial charge is 0.482 e. The molecule has 0 saturated carbocycles. The van der Waals surface area contributed by atoms with E-state index in [4.69, 9.17) is 15.2 Å². The Balaban J connectivity index is 0.00000289. The molecule has 0 unspecified atom stereocenters. The minimum atomic E-state index is -0.0518. The van der Waals surface area contributed by atoms with Crippen molar-refractivity contribution in [1.29, 1.82) is 0 Å². The molecule has 4 rings (SSSR count). The molecule has 0 aromatic heterocycles. The lowest BCUT2D eigenvalue weighted by molar-refractivity contribution is -0.121. The van der Waals surface area contributed by atoms with Crippen LogP contribution in [0.3, 0.4) is 0 Å². The first-order valence-corrected chi connectivity index (χ1v) is 10.1. The molecular formula is C24H25IN4O3. The Bertz CT molecular complexity index is 1080. The Hall–Kier alpha value is -3.27. The van der Waals surface area contributed by atoms with Crippen LogP contribution >= 0.6 is 24.0 Å². The van der Waals surface area contributed by atoms with Gasteiger partial charge in [-0.2, -0.15) is 0 Å². The molecule has 7 nitrogen and oxygen atoms in total. The summed E-state index contributed by atoms with van der Waals surface area (Å²) in [6.07, 6.45) is 0.680. The Morgan fingerprint density at radius 2 is 1.78 bits per heavy atom. The average Bonchev–Trinajstić information content (AvgIpc) is 2.79. The molecule has 3 N–H and O–H groups in total. The number of nitrogens with one attached hydrogen (secondary N) is 1. The van der Waals surface area contributed by atoms with Gasteiger partial charge in [0.05, 0.1) is 5.69 Å². The van der Waals surface area contributed by atoms with Crippen molar-refractivity contribution in [2.75, 3.05) is 29.9 Å². The summed E-state index contributed by atoms with van der Waals surface area (Å²) >= 11 is 0. The number of carbonyl (C=O) groups excluding carboxylic acids is 1. The van der Waals surface area contributed by atoms with Gasteiger partial charge in [-0.1, -0.05) is 36.4 Å². The summed E-state index contributed by atoms with van der Waals surface area (Å²) in [6.45, 7) is 1.10. The molecule has 3 aromatic rings. The van der Waals surface area contributed by atoms with Crippen molar-refractivity contribution in [3.05, 3.63) is 78.9 Å². The quantitative estimate of drug-likeness (QED) is 0.196. The standard InChI is InChI=1S/C24H24N4O3.HI/c25-24(27-18-8-6-11-20(16-18)31-19-9-2-1-3-10-19)26-14-7-15-28-21-12-4-5-13-22(21)30-17-23(28)29;/h1-6,8-13,16H,7,14-15,17H2,(H3,25,26,27);1H. The monoisotopic (exact) mass is 544 g/mol. The summed E-state index contributed by atoms with van der Waals surface area (Å²) in [7, 11) is 0. The molecule has 1 heterocycles. The predicted molar refractivity (Wildman–Crippen MR) is 137 cm³/mol. The van der Waals surface area contributed by atoms with Crippen molar-refractivity contribution in [2.45, 2.75) is 6.42 Å². The summed E-state index contributed by atoms with van der Waals surface area (Å²) in [6, 6.07) is 24.6. The van der Waals surface area contributed by atoms with E-state index in [0.29, 0.717) is 31.2 Å². The van der Waals surface area contributed by atoms with Gasteiger partial charge >= 0.3 is 0 Å². The maximum absolute atomic E-state index is 12.2. The summed E-state index contributed by atoms with van der Waals surface area (Å²) in [4.78, 5) is 18.3. The topological polar surface area (TPSA) is 89.2 Å². The Labute approximate surface area is 204 Å². The number of nitrogens with zero attached hydrogens (tertiary/aromatic N) is 2. The van der Waals surface area contributed by atoms with Crippen molar-refractivity contribution >= 4 is 47.2 Å². The van der Waals surface area contributed by atoms with E-state index in [1.54, 1.807) is 4.90 Å². The number of nitrogens with two attached hydrogens (primary N) is 1. The van der Waals surface area contributed by atoms with Crippen LogP contribution in [-0.2, 0) is 4.79 Å². The molecule has 1 aliphatic heterocycles. The fourth-order valence-corrected chi connectivity index (χ4v) is 3.28. The van der Waals surface area contributed by atoms with Crippen LogP contribution in [-0.4, -0.2) is 31.6 Å². The zero-order valence-corrected chi connectivity index (χ0v) is 19.8. The third kappa shape index (κ3) is 6.13. The van der Waals surface area contributed by atoms with Gasteiger partial charge in [0.2, 0.25) is 0 Å². The molecule has 0 aliphatic carbocycles. The van der Waals surface area contributed by atoms with Crippen molar-refractivity contribution in [1.82, 2.24) is 0 Å². The van der Waals surface area contributed by atoms with Crippen molar-refractivity contribution in [3.8, 4) is 17.2 Å². The number of aliphatic imine (C=N–C) groups is 1. The number of benzene rings is 3. The average molecular weight is 544 g/mol. The zero-order chi connectivity index (χ0) is 21.5. The van der Waals surface area contributed by atoms with Crippen molar-refractivity contribution in [3.63, 3.8) is 0 Å². The minimum absolute atomic E-state index is 0. The molecule has 0 fully saturated rings. The number of fused-ring (bicyclic) bond motifs is 1. The van der Waals surface area contributed by atoms with E-state index in [1.165, 1.54) is 0 Å². The molecule has 0 radical (unpaired) electrons. The summed E-state index contributed by atoms with van der Waals surface area (Å²) < 4.78 is 11.3. The first-order chi connectivity index (χ1) is 15.2. The van der Waals surface area contributed by atoms with E-state index >= 15 is 0 Å². The number of hydrogen-bond acceptors (Lipinski definition) is 4. The second-order valence-corrected chi connectivity index (χ2v) is 6.99. The summed E-state index contributed by atoms with van der Waals surface area (Å²) in [5.41, 5.74) is 7.61. The molecule has 0 spiro atoms. The van der Waals surface area contributed by atoms with E-state index in [9.17, 15) is 4.79 Å². The number of amides is 1. The highest BCUT2D eigenvalue weighted by atomic mass is 127. The predicted octanol–water partition coefficient (Wildman–Crippen LogP) is 4.64. The number of para-hydroxylation sites is 3. The van der Waals surface area contributed by atoms with E-state index in [0.717, 1.165) is 22.9 Å². The van der Waals surface area contributed by atoms with E-state index in [-0.39, 0.29) is 36.5 Å². The molecule has 166 valence electrons. The van der Waals surface area contributed by atoms with Crippen LogP contribution in [0.5, 0.6) is 17.2 Å². The molecule has 0 bridgehead atoms. The van der Waals surface area contributed by atoms with Gasteiger partial charge in [-0.15, -0.1) is 24.0 Å². The van der Waals surface area contributed by atoms with Crippen LogP contribution in [0.1, 0.15) is 6.42 Å². The number of carbonyl (C=O) groups is 1. The van der Waals surface area contributed by atoms with Crippen LogP contribution < -0.4 is 25.4 Å². The highest BCUT2D eigenvalue weighted by Crippen LogP contribution is 2.31. The van der Waals surface area contributed by atoms with Crippen LogP contribution in [0.4, 0.5) is 11.4 Å². The number of ether oxygens (including phenoxy) is 2. The van der Waals surface area contributed by atoms with Gasteiger partial charge in [0.1, 0.15) is 17.2 Å². The molecule has 0 saturated heterocycles. The van der Waals surface area contributed by atoms with Gasteiger partial charge in [-0.3, -0.25) is 9.79 Å². The number of guanidine groups is 1. The van der Waals surface area contributed by atoms with Gasteiger partial charge in [-0.25, -0.2) is 0 Å². The summed E-state index contributed by atoms with van der Waals surface area (Å²) in [5, 5.41) is 3.08. The second kappa shape index (κ2) is 11.4. The molecule has 1 aliphatic rings. The lowest BCUT2D eigenvalue weighted by atomic mass is 10.2. The van der Waals surface area contributed by atoms with Crippen LogP contribution in [0.25, 0.3) is 0 Å². The lowest BCUT2D eigenvalue weighted by Gasteiger charge is -2.29. The number of halogens is 1. The van der Waals surface area contributed by atoms with Crippen LogP contribution in [0, 0.1) is 0 Å². The van der Waals surface area contributed by atoms with Gasteiger partial charge in [0, 0.05) is 24.8 Å². The van der Waals surface area contributed by atoms with Crippen LogP contribution in [0.2, 0.25) is 0 Å². The van der Waals surface area contributed by atoms with Gasteiger partial charge in [0.15, 0.2) is 12.6 Å². The smallest absolute Gasteiger partial charge is 0.265 e. The minimum Gasteiger partial charge on any atom is -0.482 e. The first kappa shape index (κ1) is 23.4. The Morgan fingerprint density at radius 3 is 2.62 bits per heavy atom. The number of hydrogen-bond donors (Lipinski definition) is 2. The third-order valence-corrected chi connectivity index (χ3v) is 4.72. The first-order valence-electron chi connectivity index (χ1n) is 10.1. The lowest BCUT2D eigenvalue weighted by Crippen LogP contribution is -2.39. The molecule has 8 heteroatoms. The molecular weight excluding hydrogens is 519 g/mol. The Morgan fingerprint density at radius 1 is 1.03 bits per heavy atom. The van der Waals surface area contributed by atoms with Gasteiger partial charge in [0.25, 0.3) is 5.91 Å². The fraction of sp³-hybridized carbons (Fsp3) is 0.167. The van der Waals surface area contributed by atoms with Crippen molar-refractivity contribution < 1.29 is 14.3 Å². The maximum Gasteiger partial charge on any atom is 0.265 e. The zero-order valence-electron chi connectivity index (χ0n) is 17.4. The van der Waals surface area contributed by atoms with E-state index in [1.807, 2.05) is 78.9 Å². The van der Waals surface area contributed by atoms with Gasteiger partial charge < -0.3 is 25.4 Å². The highest BCUT2D eigenvalue weighted by Gasteiger charge is 2.24. The molecule has 1 amide bonds. The van der Waals surface area contributed by atoms with E-state index < -0.39 is 0 Å². The second-order valence-electron chi connectivity index (χ2n) is 6.99. The number of anilines is 2. The number of rotatable bonds is 7. The fourth-order valence-electron chi connectivity index (χ4n) is 3.28. The molecule has 3 aromatic carbocycles. The Kier molecular flexibility index (Phi) is 8.32. The van der Waals surface area contributed by atoms with Crippen LogP contribution in [0.15, 0.2) is 83.9 Å². The normalized spacial score (nSPS) is 12.9. The molecule has 0 atom stereocenters. The summed E-state index contributed by atoms with van der Waals surface area (Å²) in [5.74, 6) is 2.45. The third-order valence-electron chi connectivity index (χ3n) is 4.72. The van der Waals surface area contributed by atoms with Crippen molar-refractivity contribution in [2.24, 2.45) is 10.7 Å². The maximum atomic E-state index is 12.2. The van der Waals surface area contributed by atoms with E-state index in [2.05, 4.69) is 10.3 Å². The van der Waals surface area contributed by atoms with Gasteiger partial charge in [-0.05, 0) is 42.8 Å².